The van der Waals surface area contributed by atoms with Crippen LogP contribution in [0.2, 0.25) is 0 Å². The summed E-state index contributed by atoms with van der Waals surface area (Å²) in [5, 5.41) is 0. The Morgan fingerprint density at radius 1 is 1.18 bits per heavy atom. The van der Waals surface area contributed by atoms with E-state index in [-0.39, 0.29) is 0 Å². The van der Waals surface area contributed by atoms with Crippen molar-refractivity contribution in [3.63, 3.8) is 0 Å². The van der Waals surface area contributed by atoms with Crippen molar-refractivity contribution in [2.75, 3.05) is 0 Å². The maximum Gasteiger partial charge on any atom is 0.573 e. The highest BCUT2D eigenvalue weighted by Crippen LogP contribution is 2.25. The zero-order valence-corrected chi connectivity index (χ0v) is 7.89. The molecule has 1 aromatic carbocycles. The number of rotatable bonds is 3. The third kappa shape index (κ3) is 3.97. The summed E-state index contributed by atoms with van der Waals surface area (Å²) in [6, 6.07) is 1.12. The molecule has 0 bridgehead atoms. The minimum Gasteiger partial charge on any atom is -0.406 e. The number of ether oxygens (including phenoxy) is 1. The van der Waals surface area contributed by atoms with Crippen LogP contribution in [0, 0.1) is 5.82 Å². The van der Waals surface area contributed by atoms with Crippen LogP contribution in [0.25, 0.3) is 0 Å². The highest BCUT2D eigenvalue weighted by Gasteiger charge is 2.32. The van der Waals surface area contributed by atoms with Crippen LogP contribution in [0.1, 0.15) is 10.4 Å². The van der Waals surface area contributed by atoms with E-state index in [4.69, 9.17) is 0 Å². The van der Waals surface area contributed by atoms with Crippen molar-refractivity contribution in [2.45, 2.75) is 12.8 Å². The minimum atomic E-state index is -5.10. The van der Waals surface area contributed by atoms with Crippen molar-refractivity contribution in [3.8, 4) is 5.75 Å². The van der Waals surface area contributed by atoms with Crippen LogP contribution in [0.5, 0.6) is 5.75 Å². The standard InChI is InChI=1S/C9H4F6O2/c10-5-1-4(7(16)8(11)12)2-6(3-5)17-9(13,14)15/h1-3,8H. The van der Waals surface area contributed by atoms with Gasteiger partial charge in [-0.05, 0) is 12.1 Å². The van der Waals surface area contributed by atoms with E-state index in [0.29, 0.717) is 18.2 Å². The average Bonchev–Trinajstić information content (AvgIpc) is 2.12. The van der Waals surface area contributed by atoms with Gasteiger partial charge in [0.1, 0.15) is 11.6 Å². The smallest absolute Gasteiger partial charge is 0.406 e. The highest BCUT2D eigenvalue weighted by atomic mass is 19.4. The molecular formula is C9H4F6O2. The fourth-order valence-corrected chi connectivity index (χ4v) is 1.02. The van der Waals surface area contributed by atoms with Gasteiger partial charge in [-0.25, -0.2) is 13.2 Å². The van der Waals surface area contributed by atoms with Gasteiger partial charge in [0.05, 0.1) is 0 Å². The molecule has 0 aliphatic heterocycles. The van der Waals surface area contributed by atoms with Gasteiger partial charge in [-0.2, -0.15) is 0 Å². The SMILES string of the molecule is O=C(c1cc(F)cc(OC(F)(F)F)c1)C(F)F. The first-order valence-corrected chi connectivity index (χ1v) is 4.08. The Morgan fingerprint density at radius 3 is 2.24 bits per heavy atom. The minimum absolute atomic E-state index is 0.329. The molecule has 0 saturated heterocycles. The second-order valence-electron chi connectivity index (χ2n) is 2.89. The Balaban J connectivity index is 3.07. The summed E-state index contributed by atoms with van der Waals surface area (Å²) in [5.74, 6) is -4.13. The fourth-order valence-electron chi connectivity index (χ4n) is 1.02. The Morgan fingerprint density at radius 2 is 1.76 bits per heavy atom. The first-order chi connectivity index (χ1) is 7.69. The number of ketones is 1. The molecule has 1 rings (SSSR count). The van der Waals surface area contributed by atoms with Gasteiger partial charge < -0.3 is 4.74 Å². The Hall–Kier alpha value is -1.73. The zero-order chi connectivity index (χ0) is 13.2. The predicted molar refractivity (Wildman–Crippen MR) is 43.4 cm³/mol. The van der Waals surface area contributed by atoms with Crippen molar-refractivity contribution in [2.24, 2.45) is 0 Å². The van der Waals surface area contributed by atoms with Gasteiger partial charge >= 0.3 is 12.8 Å². The molecule has 8 heteroatoms. The molecule has 0 saturated carbocycles. The lowest BCUT2D eigenvalue weighted by molar-refractivity contribution is -0.274. The van der Waals surface area contributed by atoms with Crippen molar-refractivity contribution >= 4 is 5.78 Å². The summed E-state index contributed by atoms with van der Waals surface area (Å²) < 4.78 is 75.4. The maximum absolute atomic E-state index is 12.8. The molecule has 0 aliphatic carbocycles. The molecule has 0 radical (unpaired) electrons. The van der Waals surface area contributed by atoms with Gasteiger partial charge in [-0.15, -0.1) is 13.2 Å². The maximum atomic E-state index is 12.8. The van der Waals surface area contributed by atoms with E-state index in [1.54, 1.807) is 0 Å². The molecule has 0 fully saturated rings. The molecule has 0 aliphatic rings. The topological polar surface area (TPSA) is 26.3 Å². The number of carbonyl (C=O) groups is 1. The first kappa shape index (κ1) is 13.3. The Kier molecular flexibility index (Phi) is 3.64. The van der Waals surface area contributed by atoms with E-state index in [9.17, 15) is 31.1 Å². The van der Waals surface area contributed by atoms with E-state index in [1.807, 2.05) is 0 Å². The molecule has 0 aromatic heterocycles. The van der Waals surface area contributed by atoms with E-state index in [2.05, 4.69) is 4.74 Å². The van der Waals surface area contributed by atoms with Crippen LogP contribution in [0.3, 0.4) is 0 Å². The van der Waals surface area contributed by atoms with Crippen molar-refractivity contribution in [1.29, 1.82) is 0 Å². The summed E-state index contributed by atoms with van der Waals surface area (Å²) in [7, 11) is 0. The zero-order valence-electron chi connectivity index (χ0n) is 7.89. The lowest BCUT2D eigenvalue weighted by Crippen LogP contribution is -2.18. The number of carbonyl (C=O) groups excluding carboxylic acids is 1. The summed E-state index contributed by atoms with van der Waals surface area (Å²) in [5.41, 5.74) is -0.890. The van der Waals surface area contributed by atoms with E-state index >= 15 is 0 Å². The van der Waals surface area contributed by atoms with Crippen molar-refractivity contribution in [3.05, 3.63) is 29.6 Å². The second-order valence-corrected chi connectivity index (χ2v) is 2.89. The Bertz CT molecular complexity index is 426. The first-order valence-electron chi connectivity index (χ1n) is 4.08. The van der Waals surface area contributed by atoms with Gasteiger partial charge in [-0.3, -0.25) is 4.79 Å². The number of hydrogen-bond donors (Lipinski definition) is 0. The third-order valence-corrected chi connectivity index (χ3v) is 1.59. The van der Waals surface area contributed by atoms with Gasteiger partial charge in [0.2, 0.25) is 5.78 Å². The molecule has 0 amide bonds. The van der Waals surface area contributed by atoms with Crippen LogP contribution >= 0.6 is 0 Å². The van der Waals surface area contributed by atoms with Crippen LogP contribution in [-0.2, 0) is 0 Å². The quantitative estimate of drug-likeness (QED) is 0.614. The van der Waals surface area contributed by atoms with E-state index in [1.165, 1.54) is 0 Å². The average molecular weight is 258 g/mol. The molecular weight excluding hydrogens is 254 g/mol. The highest BCUT2D eigenvalue weighted by molar-refractivity contribution is 5.98. The van der Waals surface area contributed by atoms with Gasteiger partial charge in [0.15, 0.2) is 0 Å². The van der Waals surface area contributed by atoms with Crippen LogP contribution < -0.4 is 4.74 Å². The van der Waals surface area contributed by atoms with Crippen LogP contribution in [-0.4, -0.2) is 18.6 Å². The lowest BCUT2D eigenvalue weighted by Gasteiger charge is -2.10. The second kappa shape index (κ2) is 4.64. The fraction of sp³-hybridized carbons (Fsp3) is 0.222. The molecule has 0 atom stereocenters. The number of alkyl halides is 5. The summed E-state index contributed by atoms with van der Waals surface area (Å²) in [6.45, 7) is 0. The largest absolute Gasteiger partial charge is 0.573 e. The van der Waals surface area contributed by atoms with Crippen molar-refractivity contribution < 1.29 is 35.9 Å². The predicted octanol–water partition coefficient (Wildman–Crippen LogP) is 3.17. The summed E-state index contributed by atoms with van der Waals surface area (Å²) >= 11 is 0. The number of halogens is 6. The summed E-state index contributed by atoms with van der Waals surface area (Å²) in [4.78, 5) is 10.8. The van der Waals surface area contributed by atoms with Gasteiger partial charge in [-0.1, -0.05) is 0 Å². The monoisotopic (exact) mass is 258 g/mol. The number of Topliss-reactive ketones (excluding diaryl/α,β-unsaturated/α-hetero) is 1. The number of benzene rings is 1. The van der Waals surface area contributed by atoms with Crippen LogP contribution in [0.15, 0.2) is 18.2 Å². The molecule has 0 spiro atoms. The molecule has 2 nitrogen and oxygen atoms in total. The van der Waals surface area contributed by atoms with Gasteiger partial charge in [0, 0.05) is 11.6 Å². The molecule has 0 heterocycles. The normalized spacial score (nSPS) is 11.7. The van der Waals surface area contributed by atoms with Crippen molar-refractivity contribution in [1.82, 2.24) is 0 Å². The summed E-state index contributed by atoms with van der Waals surface area (Å²) in [6.07, 6.45) is -8.53. The Labute approximate surface area is 90.8 Å². The molecule has 0 N–H and O–H groups in total. The molecule has 94 valence electrons. The van der Waals surface area contributed by atoms with E-state index < -0.39 is 35.7 Å². The van der Waals surface area contributed by atoms with Gasteiger partial charge in [0.25, 0.3) is 0 Å². The van der Waals surface area contributed by atoms with E-state index in [0.717, 1.165) is 0 Å². The third-order valence-electron chi connectivity index (χ3n) is 1.59. The molecule has 0 unspecified atom stereocenters. The molecule has 1 aromatic rings. The molecule has 17 heavy (non-hydrogen) atoms. The lowest BCUT2D eigenvalue weighted by atomic mass is 10.1. The number of hydrogen-bond acceptors (Lipinski definition) is 2. The van der Waals surface area contributed by atoms with Crippen LogP contribution in [0.4, 0.5) is 26.3 Å².